The van der Waals surface area contributed by atoms with Crippen molar-refractivity contribution in [2.75, 3.05) is 13.1 Å². The predicted octanol–water partition coefficient (Wildman–Crippen LogP) is 4.41. The Morgan fingerprint density at radius 3 is 2.54 bits per heavy atom. The highest BCUT2D eigenvalue weighted by atomic mass is 19.4. The van der Waals surface area contributed by atoms with Gasteiger partial charge in [0.15, 0.2) is 5.78 Å². The molecule has 0 aliphatic carbocycles. The number of halogens is 3. The maximum atomic E-state index is 12.8. The zero-order valence-electron chi connectivity index (χ0n) is 13.1. The third-order valence-corrected chi connectivity index (χ3v) is 4.37. The van der Waals surface area contributed by atoms with Gasteiger partial charge in [-0.15, -0.1) is 0 Å². The lowest BCUT2D eigenvalue weighted by atomic mass is 9.95. The monoisotopic (exact) mass is 333 g/mol. The van der Waals surface area contributed by atoms with Crippen molar-refractivity contribution in [1.82, 2.24) is 4.90 Å². The number of alkyl halides is 3. The Morgan fingerprint density at radius 1 is 1.08 bits per heavy atom. The molecule has 126 valence electrons. The lowest BCUT2D eigenvalue weighted by Gasteiger charge is -2.16. The SMILES string of the molecule is O=C(c1cccc(C(F)(F)F)c1)[C@H]1CCN(Cc2ccccc2)C1. The summed E-state index contributed by atoms with van der Waals surface area (Å²) in [6, 6.07) is 14.7. The molecule has 1 fully saturated rings. The molecule has 1 atom stereocenters. The molecule has 3 rings (SSSR count). The zero-order chi connectivity index (χ0) is 17.2. The van der Waals surface area contributed by atoms with Gasteiger partial charge >= 0.3 is 6.18 Å². The summed E-state index contributed by atoms with van der Waals surface area (Å²) < 4.78 is 38.4. The van der Waals surface area contributed by atoms with Crippen molar-refractivity contribution >= 4 is 5.78 Å². The molecular formula is C19H18F3NO. The molecule has 24 heavy (non-hydrogen) atoms. The van der Waals surface area contributed by atoms with Crippen LogP contribution in [-0.4, -0.2) is 23.8 Å². The van der Waals surface area contributed by atoms with Gasteiger partial charge < -0.3 is 0 Å². The van der Waals surface area contributed by atoms with Crippen molar-refractivity contribution in [3.05, 3.63) is 71.3 Å². The summed E-state index contributed by atoms with van der Waals surface area (Å²) >= 11 is 0. The van der Waals surface area contributed by atoms with Gasteiger partial charge in [0.25, 0.3) is 0 Å². The van der Waals surface area contributed by atoms with E-state index >= 15 is 0 Å². The van der Waals surface area contributed by atoms with Crippen LogP contribution in [0.1, 0.15) is 27.9 Å². The van der Waals surface area contributed by atoms with Crippen molar-refractivity contribution < 1.29 is 18.0 Å². The van der Waals surface area contributed by atoms with Crippen LogP contribution < -0.4 is 0 Å². The van der Waals surface area contributed by atoms with Gasteiger partial charge in [0.05, 0.1) is 5.56 Å². The lowest BCUT2D eigenvalue weighted by Crippen LogP contribution is -2.23. The molecule has 0 saturated carbocycles. The number of hydrogen-bond donors (Lipinski definition) is 0. The summed E-state index contributed by atoms with van der Waals surface area (Å²) in [6.45, 7) is 2.13. The molecule has 0 spiro atoms. The molecule has 1 heterocycles. The van der Waals surface area contributed by atoms with E-state index in [0.29, 0.717) is 13.0 Å². The molecule has 0 aromatic heterocycles. The lowest BCUT2D eigenvalue weighted by molar-refractivity contribution is -0.137. The van der Waals surface area contributed by atoms with E-state index in [1.54, 1.807) is 0 Å². The van der Waals surface area contributed by atoms with Crippen LogP contribution in [0.4, 0.5) is 13.2 Å². The van der Waals surface area contributed by atoms with Crippen molar-refractivity contribution in [2.45, 2.75) is 19.1 Å². The molecule has 5 heteroatoms. The molecule has 2 aromatic rings. The topological polar surface area (TPSA) is 20.3 Å². The minimum atomic E-state index is -4.43. The van der Waals surface area contributed by atoms with Gasteiger partial charge in [0.2, 0.25) is 0 Å². The summed E-state index contributed by atoms with van der Waals surface area (Å²) in [5, 5.41) is 0. The molecule has 1 aliphatic heterocycles. The van der Waals surface area contributed by atoms with Crippen LogP contribution in [-0.2, 0) is 12.7 Å². The normalized spacial score (nSPS) is 18.7. The number of carbonyl (C=O) groups is 1. The van der Waals surface area contributed by atoms with E-state index in [2.05, 4.69) is 4.90 Å². The quantitative estimate of drug-likeness (QED) is 0.773. The summed E-state index contributed by atoms with van der Waals surface area (Å²) in [7, 11) is 0. The molecule has 0 radical (unpaired) electrons. The molecule has 0 N–H and O–H groups in total. The fraction of sp³-hybridized carbons (Fsp3) is 0.316. The van der Waals surface area contributed by atoms with Gasteiger partial charge in [0.1, 0.15) is 0 Å². The molecule has 0 amide bonds. The third-order valence-electron chi connectivity index (χ3n) is 4.37. The summed E-state index contributed by atoms with van der Waals surface area (Å²) in [5.74, 6) is -0.436. The summed E-state index contributed by atoms with van der Waals surface area (Å²) in [4.78, 5) is 14.7. The van der Waals surface area contributed by atoms with Gasteiger partial charge in [-0.2, -0.15) is 13.2 Å². The second-order valence-corrected chi connectivity index (χ2v) is 6.15. The maximum Gasteiger partial charge on any atom is 0.416 e. The number of likely N-dealkylation sites (tertiary alicyclic amines) is 1. The number of Topliss-reactive ketones (excluding diaryl/α,β-unsaturated/α-hetero) is 1. The third kappa shape index (κ3) is 3.85. The average molecular weight is 333 g/mol. The van der Waals surface area contributed by atoms with E-state index in [1.165, 1.54) is 17.7 Å². The van der Waals surface area contributed by atoms with Gasteiger partial charge in [0, 0.05) is 24.6 Å². The standard InChI is InChI=1S/C19H18F3NO/c20-19(21,22)17-8-4-7-15(11-17)18(24)16-9-10-23(13-16)12-14-5-2-1-3-6-14/h1-8,11,16H,9-10,12-13H2/t16-/m0/s1. The number of nitrogens with zero attached hydrogens (tertiary/aromatic N) is 1. The highest BCUT2D eigenvalue weighted by Crippen LogP contribution is 2.31. The number of ketones is 1. The fourth-order valence-electron chi connectivity index (χ4n) is 3.12. The molecule has 2 nitrogen and oxygen atoms in total. The van der Waals surface area contributed by atoms with E-state index in [0.717, 1.165) is 25.2 Å². The first-order valence-electron chi connectivity index (χ1n) is 7.91. The molecule has 2 aromatic carbocycles. The van der Waals surface area contributed by atoms with Gasteiger partial charge in [-0.3, -0.25) is 9.69 Å². The average Bonchev–Trinajstić information content (AvgIpc) is 3.03. The smallest absolute Gasteiger partial charge is 0.298 e. The van der Waals surface area contributed by atoms with Crippen molar-refractivity contribution in [1.29, 1.82) is 0 Å². The van der Waals surface area contributed by atoms with Gasteiger partial charge in [-0.05, 0) is 30.7 Å². The van der Waals surface area contributed by atoms with Crippen molar-refractivity contribution in [3.63, 3.8) is 0 Å². The Balaban J connectivity index is 1.66. The Hall–Kier alpha value is -2.14. The van der Waals surface area contributed by atoms with Crippen LogP contribution >= 0.6 is 0 Å². The van der Waals surface area contributed by atoms with E-state index in [1.807, 2.05) is 30.3 Å². The molecule has 0 unspecified atom stereocenters. The van der Waals surface area contributed by atoms with E-state index in [4.69, 9.17) is 0 Å². The van der Waals surface area contributed by atoms with Gasteiger partial charge in [-0.25, -0.2) is 0 Å². The molecular weight excluding hydrogens is 315 g/mol. The number of benzene rings is 2. The number of hydrogen-bond acceptors (Lipinski definition) is 2. The highest BCUT2D eigenvalue weighted by Gasteiger charge is 2.33. The summed E-state index contributed by atoms with van der Waals surface area (Å²) in [5.41, 5.74) is 0.550. The van der Waals surface area contributed by atoms with Crippen LogP contribution in [0.15, 0.2) is 54.6 Å². The first-order valence-corrected chi connectivity index (χ1v) is 7.91. The molecule has 1 saturated heterocycles. The minimum Gasteiger partial charge on any atom is -0.298 e. The predicted molar refractivity (Wildman–Crippen MR) is 85.6 cm³/mol. The Morgan fingerprint density at radius 2 is 1.83 bits per heavy atom. The fourth-order valence-corrected chi connectivity index (χ4v) is 3.12. The first kappa shape index (κ1) is 16.7. The van der Waals surface area contributed by atoms with Crippen LogP contribution in [0.25, 0.3) is 0 Å². The Bertz CT molecular complexity index is 712. The van der Waals surface area contributed by atoms with E-state index in [-0.39, 0.29) is 17.3 Å². The van der Waals surface area contributed by atoms with E-state index in [9.17, 15) is 18.0 Å². The second kappa shape index (κ2) is 6.77. The number of rotatable bonds is 4. The second-order valence-electron chi connectivity index (χ2n) is 6.15. The van der Waals surface area contributed by atoms with Gasteiger partial charge in [-0.1, -0.05) is 42.5 Å². The molecule has 1 aliphatic rings. The van der Waals surface area contributed by atoms with Crippen molar-refractivity contribution in [2.24, 2.45) is 5.92 Å². The molecule has 0 bridgehead atoms. The highest BCUT2D eigenvalue weighted by molar-refractivity contribution is 5.98. The van der Waals surface area contributed by atoms with Crippen LogP contribution in [0, 0.1) is 5.92 Å². The van der Waals surface area contributed by atoms with Crippen LogP contribution in [0.5, 0.6) is 0 Å². The first-order chi connectivity index (χ1) is 11.4. The minimum absolute atomic E-state index is 0.149. The van der Waals surface area contributed by atoms with Crippen LogP contribution in [0.3, 0.4) is 0 Å². The number of carbonyl (C=O) groups excluding carboxylic acids is 1. The Labute approximate surface area is 138 Å². The Kier molecular flexibility index (Phi) is 4.71. The van der Waals surface area contributed by atoms with Crippen LogP contribution in [0.2, 0.25) is 0 Å². The largest absolute Gasteiger partial charge is 0.416 e. The van der Waals surface area contributed by atoms with Crippen molar-refractivity contribution in [3.8, 4) is 0 Å². The van der Waals surface area contributed by atoms with E-state index < -0.39 is 11.7 Å². The summed E-state index contributed by atoms with van der Waals surface area (Å²) in [6.07, 6.45) is -3.74. The maximum absolute atomic E-state index is 12.8. The zero-order valence-corrected chi connectivity index (χ0v) is 13.1.